The van der Waals surface area contributed by atoms with Gasteiger partial charge in [-0.25, -0.2) is 0 Å². The van der Waals surface area contributed by atoms with Crippen LogP contribution in [0.4, 0.5) is 0 Å². The number of hydrogen-bond donors (Lipinski definition) is 1. The Balaban J connectivity index is 2.08. The van der Waals surface area contributed by atoms with Gasteiger partial charge in [0.2, 0.25) is 0 Å². The Morgan fingerprint density at radius 2 is 1.82 bits per heavy atom. The zero-order valence-electron chi connectivity index (χ0n) is 14.6. The van der Waals surface area contributed by atoms with Gasteiger partial charge < -0.3 is 10.3 Å². The van der Waals surface area contributed by atoms with Crippen LogP contribution in [0.3, 0.4) is 0 Å². The molecule has 1 atom stereocenters. The fourth-order valence-corrected chi connectivity index (χ4v) is 3.59. The average Bonchev–Trinajstić information content (AvgIpc) is 3.00. The van der Waals surface area contributed by atoms with Crippen LogP contribution in [0.1, 0.15) is 49.6 Å². The lowest BCUT2D eigenvalue weighted by Gasteiger charge is -2.18. The van der Waals surface area contributed by atoms with Gasteiger partial charge in [0.15, 0.2) is 0 Å². The zero-order chi connectivity index (χ0) is 16.0. The third kappa shape index (κ3) is 2.46. The van der Waals surface area contributed by atoms with E-state index in [1.54, 1.807) is 0 Å². The summed E-state index contributed by atoms with van der Waals surface area (Å²) in [5, 5.41) is 1.41. The molecule has 1 aromatic heterocycles. The number of benzene rings is 1. The van der Waals surface area contributed by atoms with E-state index in [0.717, 1.165) is 25.9 Å². The van der Waals surface area contributed by atoms with Crippen LogP contribution in [-0.2, 0) is 26.6 Å². The minimum atomic E-state index is 0.254. The second-order valence-corrected chi connectivity index (χ2v) is 7.13. The van der Waals surface area contributed by atoms with Crippen molar-refractivity contribution in [3.05, 3.63) is 34.5 Å². The van der Waals surface area contributed by atoms with E-state index in [9.17, 15) is 0 Å². The number of fused-ring (bicyclic) bond motifs is 2. The molecule has 2 N–H and O–H groups in total. The predicted molar refractivity (Wildman–Crippen MR) is 94.0 cm³/mol. The Morgan fingerprint density at radius 3 is 2.41 bits per heavy atom. The Hall–Kier alpha value is -1.32. The van der Waals surface area contributed by atoms with Crippen LogP contribution in [0.25, 0.3) is 10.9 Å². The molecule has 0 aliphatic carbocycles. The lowest BCUT2D eigenvalue weighted by Crippen LogP contribution is -2.24. The number of hydrogen-bond acceptors (Lipinski definition) is 2. The van der Waals surface area contributed by atoms with Crippen LogP contribution >= 0.6 is 0 Å². The van der Waals surface area contributed by atoms with Crippen molar-refractivity contribution in [3.63, 3.8) is 0 Å². The number of aromatic nitrogens is 1. The summed E-state index contributed by atoms with van der Waals surface area (Å²) in [5.41, 5.74) is 13.4. The second-order valence-electron chi connectivity index (χ2n) is 7.13. The van der Waals surface area contributed by atoms with E-state index < -0.39 is 0 Å². The number of rotatable bonds is 4. The van der Waals surface area contributed by atoms with E-state index in [1.165, 1.54) is 33.3 Å². The maximum atomic E-state index is 6.23. The van der Waals surface area contributed by atoms with Gasteiger partial charge in [-0.1, -0.05) is 6.92 Å². The fourth-order valence-electron chi connectivity index (χ4n) is 3.59. The lowest BCUT2D eigenvalue weighted by molar-refractivity contribution is 0.227. The largest absolute Gasteiger partial charge is 0.348 e. The Morgan fingerprint density at radius 1 is 1.18 bits per heavy atom. The zero-order valence-corrected chi connectivity index (χ0v) is 14.6. The quantitative estimate of drug-likeness (QED) is 0.937. The van der Waals surface area contributed by atoms with Gasteiger partial charge in [0.1, 0.15) is 0 Å². The molecule has 0 radical (unpaired) electrons. The highest BCUT2D eigenvalue weighted by Gasteiger charge is 2.24. The molecule has 1 unspecified atom stereocenters. The molecule has 3 nitrogen and oxygen atoms in total. The summed E-state index contributed by atoms with van der Waals surface area (Å²) in [5.74, 6) is 0. The first-order valence-electron chi connectivity index (χ1n) is 8.51. The van der Waals surface area contributed by atoms with Crippen LogP contribution in [0.2, 0.25) is 0 Å². The van der Waals surface area contributed by atoms with Gasteiger partial charge in [-0.3, -0.25) is 4.90 Å². The molecule has 1 aliphatic heterocycles. The van der Waals surface area contributed by atoms with Crippen LogP contribution in [0.5, 0.6) is 0 Å². The van der Waals surface area contributed by atoms with Crippen molar-refractivity contribution in [1.82, 2.24) is 9.47 Å². The highest BCUT2D eigenvalue weighted by atomic mass is 15.2. The van der Waals surface area contributed by atoms with Gasteiger partial charge in [-0.05, 0) is 62.4 Å². The molecule has 0 amide bonds. The van der Waals surface area contributed by atoms with Crippen molar-refractivity contribution < 1.29 is 0 Å². The molecule has 2 heterocycles. The maximum absolute atomic E-state index is 6.23. The monoisotopic (exact) mass is 299 g/mol. The summed E-state index contributed by atoms with van der Waals surface area (Å²) < 4.78 is 2.34. The molecular formula is C19H29N3. The topological polar surface area (TPSA) is 34.2 Å². The van der Waals surface area contributed by atoms with Gasteiger partial charge in [-0.15, -0.1) is 0 Å². The summed E-state index contributed by atoms with van der Waals surface area (Å²) in [6.07, 6.45) is 2.01. The Labute approximate surface area is 134 Å². The number of nitrogens with zero attached hydrogens (tertiary/aromatic N) is 2. The van der Waals surface area contributed by atoms with Crippen molar-refractivity contribution in [1.29, 1.82) is 0 Å². The molecule has 1 aromatic carbocycles. The number of aryl methyl sites for hydroxylation is 1. The van der Waals surface area contributed by atoms with E-state index in [4.69, 9.17) is 5.73 Å². The summed E-state index contributed by atoms with van der Waals surface area (Å²) in [4.78, 5) is 2.54. The van der Waals surface area contributed by atoms with Crippen molar-refractivity contribution in [3.8, 4) is 0 Å². The summed E-state index contributed by atoms with van der Waals surface area (Å²) >= 11 is 0. The minimum absolute atomic E-state index is 0.254. The molecule has 22 heavy (non-hydrogen) atoms. The first-order chi connectivity index (χ1) is 10.4. The van der Waals surface area contributed by atoms with Crippen molar-refractivity contribution >= 4 is 10.9 Å². The van der Waals surface area contributed by atoms with Crippen LogP contribution < -0.4 is 5.73 Å². The highest BCUT2D eigenvalue weighted by molar-refractivity contribution is 5.87. The fraction of sp³-hybridized carbons (Fsp3) is 0.579. The summed E-state index contributed by atoms with van der Waals surface area (Å²) in [7, 11) is 2.18. The molecule has 0 bridgehead atoms. The normalized spacial score (nSPS) is 16.7. The molecule has 0 saturated carbocycles. The molecule has 0 fully saturated rings. The lowest BCUT2D eigenvalue weighted by atomic mass is 9.99. The van der Waals surface area contributed by atoms with Crippen LogP contribution in [0.15, 0.2) is 12.1 Å². The molecular weight excluding hydrogens is 270 g/mol. The summed E-state index contributed by atoms with van der Waals surface area (Å²) in [6.45, 7) is 11.1. The molecule has 0 spiro atoms. The van der Waals surface area contributed by atoms with Crippen molar-refractivity contribution in [2.75, 3.05) is 0 Å². The van der Waals surface area contributed by atoms with E-state index in [2.05, 4.69) is 56.3 Å². The average molecular weight is 299 g/mol. The van der Waals surface area contributed by atoms with Gasteiger partial charge >= 0.3 is 0 Å². The van der Waals surface area contributed by atoms with Gasteiger partial charge in [-0.2, -0.15) is 0 Å². The predicted octanol–water partition coefficient (Wildman–Crippen LogP) is 3.49. The molecule has 3 rings (SSSR count). The molecule has 1 aliphatic rings. The number of nitrogens with two attached hydrogens (primary N) is 1. The Bertz CT molecular complexity index is 697. The maximum Gasteiger partial charge on any atom is 0.0486 e. The van der Waals surface area contributed by atoms with E-state index in [0.29, 0.717) is 6.04 Å². The van der Waals surface area contributed by atoms with Crippen LogP contribution in [0, 0.1) is 6.92 Å². The van der Waals surface area contributed by atoms with E-state index in [1.807, 2.05) is 0 Å². The SMILES string of the molecule is CCC(N)Cc1c(C)n(C)c2cc3c(cc12)CN(C(C)C)C3. The molecule has 2 aromatic rings. The van der Waals surface area contributed by atoms with Gasteiger partial charge in [0, 0.05) is 48.8 Å². The van der Waals surface area contributed by atoms with E-state index in [-0.39, 0.29) is 6.04 Å². The summed E-state index contributed by atoms with van der Waals surface area (Å²) in [6, 6.07) is 5.69. The first kappa shape index (κ1) is 15.6. The van der Waals surface area contributed by atoms with E-state index >= 15 is 0 Å². The molecule has 3 heteroatoms. The highest BCUT2D eigenvalue weighted by Crippen LogP contribution is 2.33. The second kappa shape index (κ2) is 5.71. The Kier molecular flexibility index (Phi) is 4.04. The van der Waals surface area contributed by atoms with Gasteiger partial charge in [0.25, 0.3) is 0 Å². The van der Waals surface area contributed by atoms with Gasteiger partial charge in [0.05, 0.1) is 0 Å². The third-order valence-corrected chi connectivity index (χ3v) is 5.41. The smallest absolute Gasteiger partial charge is 0.0486 e. The van der Waals surface area contributed by atoms with Crippen molar-refractivity contribution in [2.24, 2.45) is 12.8 Å². The standard InChI is InChI=1S/C19H29N3/c1-6-16(20)9-17-13(4)21(5)19-8-15-11-22(12(2)3)10-14(15)7-18(17)19/h7-8,12,16H,6,9-11,20H2,1-5H3. The minimum Gasteiger partial charge on any atom is -0.348 e. The van der Waals surface area contributed by atoms with Crippen molar-refractivity contribution in [2.45, 2.75) is 65.7 Å². The molecule has 120 valence electrons. The van der Waals surface area contributed by atoms with Crippen LogP contribution in [-0.4, -0.2) is 21.6 Å². The molecule has 0 saturated heterocycles. The first-order valence-corrected chi connectivity index (χ1v) is 8.51. The third-order valence-electron chi connectivity index (χ3n) is 5.41.